The van der Waals surface area contributed by atoms with E-state index in [9.17, 15) is 18.0 Å². The van der Waals surface area contributed by atoms with E-state index in [0.29, 0.717) is 5.69 Å². The van der Waals surface area contributed by atoms with Crippen molar-refractivity contribution in [2.45, 2.75) is 71.5 Å². The highest BCUT2D eigenvalue weighted by Crippen LogP contribution is 2.29. The Morgan fingerprint density at radius 2 is 1.31 bits per heavy atom. The monoisotopic (exact) mass is 625 g/mol. The molecule has 0 aliphatic rings. The molecule has 0 spiro atoms. The van der Waals surface area contributed by atoms with Gasteiger partial charge in [-0.1, -0.05) is 95.6 Å². The minimum atomic E-state index is -4.15. The van der Waals surface area contributed by atoms with Crippen LogP contribution in [-0.2, 0) is 32.6 Å². The van der Waals surface area contributed by atoms with Gasteiger partial charge in [0.05, 0.1) is 10.6 Å². The molecule has 0 fully saturated rings. The van der Waals surface area contributed by atoms with Crippen LogP contribution in [0, 0.1) is 27.7 Å². The molecule has 2 amide bonds. The van der Waals surface area contributed by atoms with Gasteiger partial charge in [-0.05, 0) is 76.4 Å². The molecule has 4 aromatic carbocycles. The summed E-state index contributed by atoms with van der Waals surface area (Å²) in [6.45, 7) is 11.0. The van der Waals surface area contributed by atoms with Crippen molar-refractivity contribution in [2.24, 2.45) is 0 Å². The molecule has 0 bridgehead atoms. The van der Waals surface area contributed by atoms with Gasteiger partial charge >= 0.3 is 0 Å². The van der Waals surface area contributed by atoms with E-state index in [2.05, 4.69) is 5.32 Å². The molecule has 0 saturated carbocycles. The van der Waals surface area contributed by atoms with E-state index in [1.165, 1.54) is 9.21 Å². The third-order valence-electron chi connectivity index (χ3n) is 7.68. The van der Waals surface area contributed by atoms with Gasteiger partial charge in [0.15, 0.2) is 0 Å². The molecule has 0 aliphatic carbocycles. The number of hydrogen-bond acceptors (Lipinski definition) is 4. The van der Waals surface area contributed by atoms with Gasteiger partial charge in [0.25, 0.3) is 10.0 Å². The van der Waals surface area contributed by atoms with Crippen molar-refractivity contribution in [3.05, 3.63) is 130 Å². The Hall–Kier alpha value is -4.43. The van der Waals surface area contributed by atoms with Crippen LogP contribution in [0.25, 0.3) is 0 Å². The van der Waals surface area contributed by atoms with Crippen molar-refractivity contribution in [2.75, 3.05) is 10.8 Å². The Labute approximate surface area is 268 Å². The topological polar surface area (TPSA) is 86.8 Å². The quantitative estimate of drug-likeness (QED) is 0.201. The summed E-state index contributed by atoms with van der Waals surface area (Å²) in [6.07, 6.45) is 0.269. The van der Waals surface area contributed by atoms with Crippen LogP contribution in [0.4, 0.5) is 5.69 Å². The van der Waals surface area contributed by atoms with E-state index in [4.69, 9.17) is 0 Å². The smallest absolute Gasteiger partial charge is 0.264 e. The number of hydrogen-bond donors (Lipinski definition) is 1. The SMILES string of the molecule is Cc1ccc(CN(C(=O)CN(c2ccc(C)cc2C)S(=O)(=O)c2ccc(C)cc2)C(Cc2ccccc2)C(=O)NC(C)C)cc1. The number of carbonyl (C=O) groups excluding carboxylic acids is 2. The lowest BCUT2D eigenvalue weighted by Crippen LogP contribution is -2.54. The number of anilines is 1. The van der Waals surface area contributed by atoms with E-state index in [0.717, 1.165) is 33.4 Å². The molecule has 0 aliphatic heterocycles. The zero-order chi connectivity index (χ0) is 32.7. The van der Waals surface area contributed by atoms with E-state index in [-0.39, 0.29) is 29.8 Å². The van der Waals surface area contributed by atoms with Crippen molar-refractivity contribution in [1.82, 2.24) is 10.2 Å². The van der Waals surface area contributed by atoms with Crippen LogP contribution in [0.3, 0.4) is 0 Å². The summed E-state index contributed by atoms with van der Waals surface area (Å²) in [5, 5.41) is 2.99. The minimum absolute atomic E-state index is 0.0874. The molecule has 0 saturated heterocycles. The first-order chi connectivity index (χ1) is 21.3. The summed E-state index contributed by atoms with van der Waals surface area (Å²) in [4.78, 5) is 30.0. The molecule has 7 nitrogen and oxygen atoms in total. The summed E-state index contributed by atoms with van der Waals surface area (Å²) in [6, 6.07) is 28.4. The maximum atomic E-state index is 14.6. The first kappa shape index (κ1) is 33.5. The summed E-state index contributed by atoms with van der Waals surface area (Å²) >= 11 is 0. The molecule has 236 valence electrons. The minimum Gasteiger partial charge on any atom is -0.352 e. The molecule has 1 unspecified atom stereocenters. The van der Waals surface area contributed by atoms with Gasteiger partial charge in [0.2, 0.25) is 11.8 Å². The third-order valence-corrected chi connectivity index (χ3v) is 9.46. The molecule has 1 N–H and O–H groups in total. The molecule has 4 rings (SSSR count). The molecule has 0 radical (unpaired) electrons. The lowest BCUT2D eigenvalue weighted by Gasteiger charge is -2.34. The predicted octanol–water partition coefficient (Wildman–Crippen LogP) is 6.28. The van der Waals surface area contributed by atoms with Crippen molar-refractivity contribution in [3.63, 3.8) is 0 Å². The van der Waals surface area contributed by atoms with E-state index in [1.807, 2.05) is 108 Å². The fourth-order valence-corrected chi connectivity index (χ4v) is 6.74. The predicted molar refractivity (Wildman–Crippen MR) is 181 cm³/mol. The number of carbonyl (C=O) groups is 2. The van der Waals surface area contributed by atoms with Crippen molar-refractivity contribution >= 4 is 27.5 Å². The van der Waals surface area contributed by atoms with Crippen LogP contribution in [0.2, 0.25) is 0 Å². The van der Waals surface area contributed by atoms with Crippen LogP contribution in [0.15, 0.2) is 102 Å². The Kier molecular flexibility index (Phi) is 10.8. The van der Waals surface area contributed by atoms with Gasteiger partial charge in [-0.3, -0.25) is 13.9 Å². The number of benzene rings is 4. The van der Waals surface area contributed by atoms with Crippen LogP contribution >= 0.6 is 0 Å². The number of amides is 2. The van der Waals surface area contributed by atoms with Gasteiger partial charge in [-0.15, -0.1) is 0 Å². The second-order valence-electron chi connectivity index (χ2n) is 12.0. The normalized spacial score (nSPS) is 12.1. The van der Waals surface area contributed by atoms with Crippen molar-refractivity contribution in [1.29, 1.82) is 0 Å². The second-order valence-corrected chi connectivity index (χ2v) is 13.9. The summed E-state index contributed by atoms with van der Waals surface area (Å²) in [7, 11) is -4.15. The number of aryl methyl sites for hydroxylation is 4. The Morgan fingerprint density at radius 3 is 1.89 bits per heavy atom. The molecule has 45 heavy (non-hydrogen) atoms. The first-order valence-electron chi connectivity index (χ1n) is 15.2. The second kappa shape index (κ2) is 14.6. The average molecular weight is 626 g/mol. The highest BCUT2D eigenvalue weighted by atomic mass is 32.2. The number of sulfonamides is 1. The maximum absolute atomic E-state index is 14.6. The molecule has 4 aromatic rings. The van der Waals surface area contributed by atoms with Gasteiger partial charge in [-0.25, -0.2) is 8.42 Å². The Balaban J connectivity index is 1.82. The zero-order valence-electron chi connectivity index (χ0n) is 26.9. The van der Waals surface area contributed by atoms with Crippen LogP contribution < -0.4 is 9.62 Å². The highest BCUT2D eigenvalue weighted by Gasteiger charge is 2.35. The Bertz CT molecular complexity index is 1720. The number of nitrogens with zero attached hydrogens (tertiary/aromatic N) is 2. The molecule has 8 heteroatoms. The fourth-order valence-electron chi connectivity index (χ4n) is 5.26. The van der Waals surface area contributed by atoms with Gasteiger partial charge in [-0.2, -0.15) is 0 Å². The molecular formula is C37H43N3O4S. The third kappa shape index (κ3) is 8.60. The fraction of sp³-hybridized carbons (Fsp3) is 0.297. The van der Waals surface area contributed by atoms with Gasteiger partial charge in [0, 0.05) is 19.0 Å². The molecule has 0 heterocycles. The van der Waals surface area contributed by atoms with Crippen LogP contribution in [0.5, 0.6) is 0 Å². The van der Waals surface area contributed by atoms with Crippen molar-refractivity contribution in [3.8, 4) is 0 Å². The van der Waals surface area contributed by atoms with Crippen LogP contribution in [-0.4, -0.2) is 43.8 Å². The summed E-state index contributed by atoms with van der Waals surface area (Å²) < 4.78 is 29.7. The Morgan fingerprint density at radius 1 is 0.733 bits per heavy atom. The average Bonchev–Trinajstić information content (AvgIpc) is 2.99. The molecular weight excluding hydrogens is 582 g/mol. The summed E-state index contributed by atoms with van der Waals surface area (Å²) in [5.74, 6) is -0.778. The first-order valence-corrected chi connectivity index (χ1v) is 16.6. The highest BCUT2D eigenvalue weighted by molar-refractivity contribution is 7.92. The summed E-state index contributed by atoms with van der Waals surface area (Å²) in [5.41, 5.74) is 5.83. The van der Waals surface area contributed by atoms with E-state index >= 15 is 0 Å². The molecule has 1 atom stereocenters. The van der Waals surface area contributed by atoms with Gasteiger partial charge in [0.1, 0.15) is 12.6 Å². The van der Waals surface area contributed by atoms with E-state index in [1.54, 1.807) is 30.3 Å². The number of rotatable bonds is 12. The lowest BCUT2D eigenvalue weighted by atomic mass is 10.0. The van der Waals surface area contributed by atoms with Crippen LogP contribution in [0.1, 0.15) is 47.2 Å². The number of nitrogens with one attached hydrogen (secondary N) is 1. The zero-order valence-corrected chi connectivity index (χ0v) is 27.8. The largest absolute Gasteiger partial charge is 0.352 e. The lowest BCUT2D eigenvalue weighted by molar-refractivity contribution is -0.140. The van der Waals surface area contributed by atoms with Crippen molar-refractivity contribution < 1.29 is 18.0 Å². The van der Waals surface area contributed by atoms with E-state index < -0.39 is 28.5 Å². The maximum Gasteiger partial charge on any atom is 0.264 e. The standard InChI is InChI=1S/C37H43N3O4S/c1-26(2)38-37(42)35(23-31-10-8-7-9-11-31)39(24-32-17-12-27(3)13-18-32)36(41)25-40(34-21-16-29(5)22-30(34)6)45(43,44)33-19-14-28(4)15-20-33/h7-22,26,35H,23-25H2,1-6H3,(H,38,42). The molecule has 0 aromatic heterocycles. The van der Waals surface area contributed by atoms with Gasteiger partial charge < -0.3 is 10.2 Å².